The zero-order valence-electron chi connectivity index (χ0n) is 7.41. The lowest BCUT2D eigenvalue weighted by Gasteiger charge is -2.02. The average Bonchev–Trinajstić information content (AvgIpc) is 2.67. The van der Waals surface area contributed by atoms with E-state index in [0.29, 0.717) is 5.88 Å². The number of nitrogens with zero attached hydrogens (tertiary/aromatic N) is 1. The minimum Gasteiger partial charge on any atom is -0.391 e. The summed E-state index contributed by atoms with van der Waals surface area (Å²) in [5.41, 5.74) is 2.04. The summed E-state index contributed by atoms with van der Waals surface area (Å²) in [4.78, 5) is 5.16. The van der Waals surface area contributed by atoms with Crippen LogP contribution < -0.4 is 0 Å². The first kappa shape index (κ1) is 9.99. The summed E-state index contributed by atoms with van der Waals surface area (Å²) in [7, 11) is 0. The van der Waals surface area contributed by atoms with Crippen LogP contribution in [0.2, 0.25) is 0 Å². The van der Waals surface area contributed by atoms with Gasteiger partial charge in [0.1, 0.15) is 6.10 Å². The van der Waals surface area contributed by atoms with E-state index in [1.54, 1.807) is 0 Å². The van der Waals surface area contributed by atoms with Crippen LogP contribution in [0.4, 0.5) is 0 Å². The number of benzene rings is 1. The zero-order chi connectivity index (χ0) is 9.97. The van der Waals surface area contributed by atoms with Gasteiger partial charge in [0, 0.05) is 16.5 Å². The van der Waals surface area contributed by atoms with Gasteiger partial charge in [-0.15, -0.1) is 11.6 Å². The van der Waals surface area contributed by atoms with E-state index in [1.165, 1.54) is 0 Å². The summed E-state index contributed by atoms with van der Waals surface area (Å²) in [5, 5.41) is 4.02. The van der Waals surface area contributed by atoms with E-state index in [-0.39, 0.29) is 6.10 Å². The third kappa shape index (κ3) is 1.93. The van der Waals surface area contributed by atoms with Gasteiger partial charge in [0.2, 0.25) is 0 Å². The van der Waals surface area contributed by atoms with E-state index in [2.05, 4.69) is 21.1 Å². The predicted octanol–water partition coefficient (Wildman–Crippen LogP) is 3.18. The van der Waals surface area contributed by atoms with E-state index in [1.807, 2.05) is 24.3 Å². The molecule has 0 saturated carbocycles. The van der Waals surface area contributed by atoms with Crippen molar-refractivity contribution in [2.24, 2.45) is 5.16 Å². The molecule has 0 aromatic heterocycles. The third-order valence-electron chi connectivity index (χ3n) is 2.09. The Morgan fingerprint density at radius 2 is 2.29 bits per heavy atom. The van der Waals surface area contributed by atoms with E-state index in [4.69, 9.17) is 16.4 Å². The second kappa shape index (κ2) is 4.32. The van der Waals surface area contributed by atoms with Gasteiger partial charge >= 0.3 is 0 Å². The molecule has 1 aromatic rings. The monoisotopic (exact) mass is 273 g/mol. The van der Waals surface area contributed by atoms with Gasteiger partial charge in [-0.05, 0) is 6.07 Å². The molecule has 1 heterocycles. The number of halogens is 2. The van der Waals surface area contributed by atoms with Crippen LogP contribution in [0.25, 0.3) is 0 Å². The lowest BCUT2D eigenvalue weighted by molar-refractivity contribution is 0.102. The van der Waals surface area contributed by atoms with Gasteiger partial charge in [0.05, 0.1) is 11.6 Å². The van der Waals surface area contributed by atoms with Gasteiger partial charge in [-0.1, -0.05) is 39.3 Å². The minimum atomic E-state index is 0.0266. The number of hydrogen-bond donors (Lipinski definition) is 0. The molecular weight excluding hydrogens is 265 g/mol. The Bertz CT molecular complexity index is 367. The van der Waals surface area contributed by atoms with Gasteiger partial charge in [-0.25, -0.2) is 0 Å². The van der Waals surface area contributed by atoms with Crippen molar-refractivity contribution in [1.82, 2.24) is 0 Å². The fourth-order valence-electron chi connectivity index (χ4n) is 1.37. The van der Waals surface area contributed by atoms with Crippen molar-refractivity contribution in [3.8, 4) is 0 Å². The molecule has 0 amide bonds. The average molecular weight is 275 g/mol. The van der Waals surface area contributed by atoms with Crippen molar-refractivity contribution in [2.75, 3.05) is 5.88 Å². The number of hydrogen-bond acceptors (Lipinski definition) is 2. The maximum atomic E-state index is 5.69. The molecule has 1 aliphatic rings. The number of alkyl halides is 1. The van der Waals surface area contributed by atoms with Crippen LogP contribution in [0.3, 0.4) is 0 Å². The van der Waals surface area contributed by atoms with E-state index in [9.17, 15) is 0 Å². The lowest BCUT2D eigenvalue weighted by Crippen LogP contribution is -2.09. The van der Waals surface area contributed by atoms with Crippen molar-refractivity contribution in [3.63, 3.8) is 0 Å². The topological polar surface area (TPSA) is 21.6 Å². The SMILES string of the molecule is ClCC1CC(c2ccccc2Br)=NO1. The second-order valence-electron chi connectivity index (χ2n) is 3.10. The van der Waals surface area contributed by atoms with Crippen molar-refractivity contribution in [3.05, 3.63) is 34.3 Å². The maximum Gasteiger partial charge on any atom is 0.146 e. The predicted molar refractivity (Wildman–Crippen MR) is 60.9 cm³/mol. The van der Waals surface area contributed by atoms with E-state index >= 15 is 0 Å². The highest BCUT2D eigenvalue weighted by Crippen LogP contribution is 2.23. The molecule has 0 aliphatic carbocycles. The Hall–Kier alpha value is -0.540. The highest BCUT2D eigenvalue weighted by molar-refractivity contribution is 9.10. The van der Waals surface area contributed by atoms with Crippen LogP contribution in [0.15, 0.2) is 33.9 Å². The van der Waals surface area contributed by atoms with E-state index < -0.39 is 0 Å². The Kier molecular flexibility index (Phi) is 3.08. The quantitative estimate of drug-likeness (QED) is 0.759. The van der Waals surface area contributed by atoms with Crippen LogP contribution in [0.1, 0.15) is 12.0 Å². The number of rotatable bonds is 2. The molecule has 0 radical (unpaired) electrons. The van der Waals surface area contributed by atoms with Gasteiger partial charge in [-0.2, -0.15) is 0 Å². The van der Waals surface area contributed by atoms with Crippen LogP contribution in [0.5, 0.6) is 0 Å². The molecule has 2 rings (SSSR count). The normalized spacial score (nSPS) is 20.4. The fraction of sp³-hybridized carbons (Fsp3) is 0.300. The van der Waals surface area contributed by atoms with Crippen molar-refractivity contribution in [2.45, 2.75) is 12.5 Å². The van der Waals surface area contributed by atoms with Crippen LogP contribution in [0, 0.1) is 0 Å². The molecule has 0 saturated heterocycles. The summed E-state index contributed by atoms with van der Waals surface area (Å²) in [6.45, 7) is 0. The van der Waals surface area contributed by atoms with Crippen molar-refractivity contribution in [1.29, 1.82) is 0 Å². The molecule has 1 aromatic carbocycles. The smallest absolute Gasteiger partial charge is 0.146 e. The number of oxime groups is 1. The first-order chi connectivity index (χ1) is 6.81. The van der Waals surface area contributed by atoms with Crippen LogP contribution in [-0.4, -0.2) is 17.7 Å². The first-order valence-electron chi connectivity index (χ1n) is 4.35. The van der Waals surface area contributed by atoms with Crippen molar-refractivity contribution < 1.29 is 4.84 Å². The second-order valence-corrected chi connectivity index (χ2v) is 4.27. The molecule has 74 valence electrons. The molecule has 1 unspecified atom stereocenters. The molecule has 0 bridgehead atoms. The Morgan fingerprint density at radius 1 is 1.50 bits per heavy atom. The summed E-state index contributed by atoms with van der Waals surface area (Å²) < 4.78 is 1.04. The van der Waals surface area contributed by atoms with Crippen LogP contribution in [-0.2, 0) is 4.84 Å². The molecule has 4 heteroatoms. The lowest BCUT2D eigenvalue weighted by atomic mass is 10.1. The molecule has 1 atom stereocenters. The largest absolute Gasteiger partial charge is 0.391 e. The maximum absolute atomic E-state index is 5.69. The standard InChI is InChI=1S/C10H9BrClNO/c11-9-4-2-1-3-8(9)10-5-7(6-12)14-13-10/h1-4,7H,5-6H2. The molecule has 0 N–H and O–H groups in total. The Morgan fingerprint density at radius 3 is 2.93 bits per heavy atom. The van der Waals surface area contributed by atoms with Gasteiger partial charge in [0.25, 0.3) is 0 Å². The summed E-state index contributed by atoms with van der Waals surface area (Å²) >= 11 is 9.17. The minimum absolute atomic E-state index is 0.0266. The highest BCUT2D eigenvalue weighted by atomic mass is 79.9. The highest BCUT2D eigenvalue weighted by Gasteiger charge is 2.22. The molecule has 1 aliphatic heterocycles. The molecule has 0 spiro atoms. The van der Waals surface area contributed by atoms with Crippen molar-refractivity contribution >= 4 is 33.2 Å². The first-order valence-corrected chi connectivity index (χ1v) is 5.67. The fourth-order valence-corrected chi connectivity index (χ4v) is 2.04. The zero-order valence-corrected chi connectivity index (χ0v) is 9.75. The van der Waals surface area contributed by atoms with Gasteiger partial charge in [-0.3, -0.25) is 0 Å². The summed E-state index contributed by atoms with van der Waals surface area (Å²) in [6.07, 6.45) is 0.810. The van der Waals surface area contributed by atoms with Gasteiger partial charge in [0.15, 0.2) is 0 Å². The van der Waals surface area contributed by atoms with E-state index in [0.717, 1.165) is 22.2 Å². The molecule has 2 nitrogen and oxygen atoms in total. The third-order valence-corrected chi connectivity index (χ3v) is 3.13. The van der Waals surface area contributed by atoms with Gasteiger partial charge < -0.3 is 4.84 Å². The summed E-state index contributed by atoms with van der Waals surface area (Å²) in [5.74, 6) is 0.484. The molecular formula is C10H9BrClNO. The Balaban J connectivity index is 2.22. The van der Waals surface area contributed by atoms with Crippen LogP contribution >= 0.6 is 27.5 Å². The Labute approximate surface area is 96.0 Å². The molecule has 0 fully saturated rings. The summed E-state index contributed by atoms with van der Waals surface area (Å²) in [6, 6.07) is 7.97. The molecule has 14 heavy (non-hydrogen) atoms.